The van der Waals surface area contributed by atoms with E-state index in [1.165, 1.54) is 0 Å². The maximum absolute atomic E-state index is 9.68. The highest BCUT2D eigenvalue weighted by Crippen LogP contribution is 2.26. The summed E-state index contributed by atoms with van der Waals surface area (Å²) in [6.07, 6.45) is -1.31. The Morgan fingerprint density at radius 2 is 2.42 bits per heavy atom. The molecule has 1 aliphatic rings. The van der Waals surface area contributed by atoms with Crippen molar-refractivity contribution in [3.05, 3.63) is 0 Å². The first-order valence-corrected chi connectivity index (χ1v) is 4.10. The summed E-state index contributed by atoms with van der Waals surface area (Å²) in [6.45, 7) is 3.05. The molecular weight excluding hydrogens is 160 g/mol. The van der Waals surface area contributed by atoms with Gasteiger partial charge in [-0.15, -0.1) is 0 Å². The van der Waals surface area contributed by atoms with E-state index in [9.17, 15) is 5.11 Å². The van der Waals surface area contributed by atoms with Crippen LogP contribution in [0.4, 0.5) is 0 Å². The second kappa shape index (κ2) is 4.18. The largest absolute Gasteiger partial charge is 0.390 e. The molecule has 1 rings (SSSR count). The minimum atomic E-state index is -0.727. The molecule has 0 saturated carbocycles. The third kappa shape index (κ3) is 1.95. The van der Waals surface area contributed by atoms with Crippen molar-refractivity contribution >= 4 is 0 Å². The molecular formula is C8H16O4. The first kappa shape index (κ1) is 8.44. The Bertz CT molecular complexity index is 164. The van der Waals surface area contributed by atoms with Gasteiger partial charge in [0.05, 0.1) is 14.1 Å². The zero-order valence-electron chi connectivity index (χ0n) is 8.30. The highest BCUT2D eigenvalue weighted by molar-refractivity contribution is 4.84. The fraction of sp³-hybridized carbons (Fsp3) is 1.00. The number of hydrogen-bond donors (Lipinski definition) is 2. The first-order chi connectivity index (χ1) is 6.07. The van der Waals surface area contributed by atoms with Crippen LogP contribution in [0.25, 0.3) is 0 Å². The van der Waals surface area contributed by atoms with E-state index in [-0.39, 0.29) is 18.4 Å². The third-order valence-electron chi connectivity index (χ3n) is 2.19. The number of aliphatic hydroxyl groups is 1. The van der Waals surface area contributed by atoms with Gasteiger partial charge in [0.15, 0.2) is 0 Å². The van der Waals surface area contributed by atoms with Gasteiger partial charge >= 0.3 is 0 Å². The van der Waals surface area contributed by atoms with Crippen LogP contribution in [0.2, 0.25) is 0 Å². The predicted molar refractivity (Wildman–Crippen MR) is 42.7 cm³/mol. The Morgan fingerprint density at radius 3 is 2.83 bits per heavy atom. The van der Waals surface area contributed by atoms with Crippen LogP contribution in [-0.4, -0.2) is 35.8 Å². The van der Waals surface area contributed by atoms with Crippen molar-refractivity contribution in [2.45, 2.75) is 26.1 Å². The molecule has 0 amide bonds. The van der Waals surface area contributed by atoms with Gasteiger partial charge in [0.25, 0.3) is 0 Å². The molecule has 4 nitrogen and oxygen atoms in total. The van der Waals surface area contributed by atoms with Crippen molar-refractivity contribution in [3.63, 3.8) is 0 Å². The molecule has 0 aromatic carbocycles. The minimum Gasteiger partial charge on any atom is -0.390 e. The minimum absolute atomic E-state index is 0.0836. The zero-order valence-corrected chi connectivity index (χ0v) is 7.30. The van der Waals surface area contributed by atoms with Crippen LogP contribution in [0.15, 0.2) is 0 Å². The molecule has 4 heteroatoms. The van der Waals surface area contributed by atoms with Crippen LogP contribution in [-0.2, 0) is 9.62 Å². The Labute approximate surface area is 73.4 Å². The predicted octanol–water partition coefficient (Wildman–Crippen LogP) is 0.508. The van der Waals surface area contributed by atoms with Crippen molar-refractivity contribution in [2.75, 3.05) is 13.2 Å². The third-order valence-corrected chi connectivity index (χ3v) is 2.19. The molecule has 0 radical (unpaired) electrons. The standard InChI is InChI=1S/C8H16O4/c1-5(2)6-3-11-7(4-12-10)8(6)9/h5-10H,3-4H2,1-2H3/t6-,7-,8+/m1/s1/i3T/t3-,6+,7+,8-/m0. The maximum atomic E-state index is 9.68. The molecule has 72 valence electrons. The Hall–Kier alpha value is -0.160. The summed E-state index contributed by atoms with van der Waals surface area (Å²) in [7, 11) is 0. The lowest BCUT2D eigenvalue weighted by atomic mass is 9.91. The van der Waals surface area contributed by atoms with Crippen LogP contribution in [0.1, 0.15) is 15.2 Å². The molecule has 1 heterocycles. The van der Waals surface area contributed by atoms with E-state index in [4.69, 9.17) is 11.4 Å². The fourth-order valence-corrected chi connectivity index (χ4v) is 1.36. The van der Waals surface area contributed by atoms with Crippen molar-refractivity contribution in [2.24, 2.45) is 11.8 Å². The maximum Gasteiger partial charge on any atom is 0.111 e. The Morgan fingerprint density at radius 1 is 1.75 bits per heavy atom. The monoisotopic (exact) mass is 178 g/mol. The topological polar surface area (TPSA) is 58.9 Å². The van der Waals surface area contributed by atoms with Gasteiger partial charge in [0.2, 0.25) is 0 Å². The van der Waals surface area contributed by atoms with E-state index in [0.717, 1.165) is 0 Å². The lowest BCUT2D eigenvalue weighted by molar-refractivity contribution is -0.261. The molecule has 1 fully saturated rings. The van der Waals surface area contributed by atoms with Crippen LogP contribution in [0, 0.1) is 11.8 Å². The average molecular weight is 178 g/mol. The summed E-state index contributed by atoms with van der Waals surface area (Å²) in [6, 6.07) is 0. The van der Waals surface area contributed by atoms with Gasteiger partial charge in [0, 0.05) is 5.92 Å². The molecule has 2 N–H and O–H groups in total. The molecule has 0 unspecified atom stereocenters. The second-order valence-corrected chi connectivity index (χ2v) is 3.42. The zero-order chi connectivity index (χ0) is 10.0. The van der Waals surface area contributed by atoms with Gasteiger partial charge in [-0.2, -0.15) is 0 Å². The number of aliphatic hydroxyl groups excluding tert-OH is 1. The van der Waals surface area contributed by atoms with Gasteiger partial charge in [-0.3, -0.25) is 5.26 Å². The molecule has 0 spiro atoms. The summed E-state index contributed by atoms with van der Waals surface area (Å²) in [4.78, 5) is 3.90. The molecule has 0 aromatic rings. The number of hydrogen-bond acceptors (Lipinski definition) is 4. The van der Waals surface area contributed by atoms with Crippen molar-refractivity contribution in [1.29, 1.82) is 0 Å². The SMILES string of the molecule is [3H][C@@H]1O[C@H](COO)[C@@H](O)[C@H]1C(C)C. The van der Waals surface area contributed by atoms with Gasteiger partial charge in [0.1, 0.15) is 12.7 Å². The van der Waals surface area contributed by atoms with Gasteiger partial charge in [-0.1, -0.05) is 13.8 Å². The molecule has 0 bridgehead atoms. The number of ether oxygens (including phenoxy) is 1. The van der Waals surface area contributed by atoms with E-state index in [1.807, 2.05) is 13.8 Å². The molecule has 1 saturated heterocycles. The van der Waals surface area contributed by atoms with Crippen molar-refractivity contribution < 1.29 is 21.4 Å². The fourth-order valence-electron chi connectivity index (χ4n) is 1.36. The van der Waals surface area contributed by atoms with Crippen LogP contribution in [0.3, 0.4) is 0 Å². The van der Waals surface area contributed by atoms with Gasteiger partial charge in [-0.25, -0.2) is 4.89 Å². The summed E-state index contributed by atoms with van der Waals surface area (Å²) in [5.74, 6) is -0.0265. The van der Waals surface area contributed by atoms with E-state index < -0.39 is 18.8 Å². The number of rotatable bonds is 3. The Kier molecular flexibility index (Phi) is 2.94. The summed E-state index contributed by atoms with van der Waals surface area (Å²) in [5, 5.41) is 17.9. The van der Waals surface area contributed by atoms with Crippen molar-refractivity contribution in [1.82, 2.24) is 0 Å². The molecule has 4 atom stereocenters. The summed E-state index contributed by atoms with van der Waals surface area (Å²) >= 11 is 0. The smallest absolute Gasteiger partial charge is 0.111 e. The quantitative estimate of drug-likeness (QED) is 0.488. The van der Waals surface area contributed by atoms with Crippen LogP contribution in [0.5, 0.6) is 0 Å². The first-order valence-electron chi connectivity index (χ1n) is 4.67. The highest BCUT2D eigenvalue weighted by atomic mass is 17.1. The van der Waals surface area contributed by atoms with Crippen LogP contribution < -0.4 is 0 Å². The molecule has 0 aromatic heterocycles. The Balaban J connectivity index is 2.58. The summed E-state index contributed by atoms with van der Waals surface area (Å²) < 4.78 is 12.7. The van der Waals surface area contributed by atoms with E-state index in [0.29, 0.717) is 0 Å². The van der Waals surface area contributed by atoms with E-state index >= 15 is 0 Å². The lowest BCUT2D eigenvalue weighted by Crippen LogP contribution is -2.32. The highest BCUT2D eigenvalue weighted by Gasteiger charge is 2.37. The average Bonchev–Trinajstić information content (AvgIpc) is 2.28. The lowest BCUT2D eigenvalue weighted by Gasteiger charge is -2.18. The molecule has 1 aliphatic heterocycles. The second-order valence-electron chi connectivity index (χ2n) is 3.42. The normalized spacial score (nSPS) is 43.6. The molecule has 0 aliphatic carbocycles. The molecule has 12 heavy (non-hydrogen) atoms. The van der Waals surface area contributed by atoms with Gasteiger partial charge in [-0.05, 0) is 5.92 Å². The van der Waals surface area contributed by atoms with Crippen LogP contribution >= 0.6 is 0 Å². The van der Waals surface area contributed by atoms with E-state index in [2.05, 4.69) is 4.89 Å². The van der Waals surface area contributed by atoms with Crippen molar-refractivity contribution in [3.8, 4) is 0 Å². The van der Waals surface area contributed by atoms with E-state index in [1.54, 1.807) is 0 Å². The summed E-state index contributed by atoms with van der Waals surface area (Å²) in [5.41, 5.74) is 0. The van der Waals surface area contributed by atoms with Gasteiger partial charge < -0.3 is 9.84 Å².